The van der Waals surface area contributed by atoms with Crippen LogP contribution in [0.3, 0.4) is 0 Å². The van der Waals surface area contributed by atoms with Crippen LogP contribution in [0.1, 0.15) is 32.6 Å². The Bertz CT molecular complexity index is 907. The fourth-order valence-corrected chi connectivity index (χ4v) is 5.85. The minimum atomic E-state index is -0.243. The zero-order chi connectivity index (χ0) is 23.3. The van der Waals surface area contributed by atoms with Gasteiger partial charge in [0, 0.05) is 38.0 Å². The van der Waals surface area contributed by atoms with Gasteiger partial charge in [0.2, 0.25) is 5.91 Å². The molecule has 3 aliphatic rings. The zero-order valence-corrected chi connectivity index (χ0v) is 20.2. The lowest BCUT2D eigenvalue weighted by atomic mass is 9.89. The lowest BCUT2D eigenvalue weighted by Crippen LogP contribution is -2.49. The Morgan fingerprint density at radius 2 is 1.97 bits per heavy atom. The van der Waals surface area contributed by atoms with E-state index in [1.54, 1.807) is 17.8 Å². The molecule has 0 bridgehead atoms. The van der Waals surface area contributed by atoms with Gasteiger partial charge in [-0.15, -0.1) is 18.3 Å². The number of amides is 2. The Labute approximate surface area is 200 Å². The van der Waals surface area contributed by atoms with Crippen molar-refractivity contribution in [3.05, 3.63) is 48.0 Å². The van der Waals surface area contributed by atoms with Crippen molar-refractivity contribution in [3.63, 3.8) is 0 Å². The molecule has 2 fully saturated rings. The first-order valence-electron chi connectivity index (χ1n) is 11.8. The number of para-hydroxylation sites is 2. The number of rotatable bonds is 7. The van der Waals surface area contributed by atoms with E-state index in [-0.39, 0.29) is 16.7 Å². The van der Waals surface area contributed by atoms with E-state index >= 15 is 0 Å². The molecule has 1 atom stereocenters. The molecule has 0 aromatic heterocycles. The maximum atomic E-state index is 13.1. The van der Waals surface area contributed by atoms with Crippen LogP contribution >= 0.6 is 11.8 Å². The highest BCUT2D eigenvalue weighted by Gasteiger charge is 2.41. The molecule has 178 valence electrons. The Kier molecular flexibility index (Phi) is 7.65. The zero-order valence-electron chi connectivity index (χ0n) is 19.3. The third-order valence-electron chi connectivity index (χ3n) is 6.74. The molecule has 4 rings (SSSR count). The molecule has 1 aromatic carbocycles. The van der Waals surface area contributed by atoms with Gasteiger partial charge in [0.25, 0.3) is 5.91 Å². The number of likely N-dealkylation sites (tertiary alicyclic amines) is 1. The first-order valence-corrected chi connectivity index (χ1v) is 12.7. The fraction of sp³-hybridized carbons (Fsp3) is 0.520. The van der Waals surface area contributed by atoms with Crippen molar-refractivity contribution >= 4 is 35.0 Å². The summed E-state index contributed by atoms with van der Waals surface area (Å²) in [4.78, 5) is 29.4. The number of allylic oxidation sites excluding steroid dienone is 1. The first-order chi connectivity index (χ1) is 16.0. The van der Waals surface area contributed by atoms with Crippen molar-refractivity contribution in [2.24, 2.45) is 5.92 Å². The normalized spacial score (nSPS) is 23.6. The molecule has 2 saturated heterocycles. The van der Waals surface area contributed by atoms with E-state index < -0.39 is 0 Å². The van der Waals surface area contributed by atoms with Gasteiger partial charge in [-0.1, -0.05) is 18.2 Å². The molecule has 0 radical (unpaired) electrons. The van der Waals surface area contributed by atoms with E-state index in [0.29, 0.717) is 31.2 Å². The molecule has 7 nitrogen and oxygen atoms in total. The van der Waals surface area contributed by atoms with Gasteiger partial charge < -0.3 is 25.2 Å². The fourth-order valence-electron chi connectivity index (χ4n) is 4.73. The second kappa shape index (κ2) is 10.7. The predicted octanol–water partition coefficient (Wildman–Crippen LogP) is 3.56. The van der Waals surface area contributed by atoms with Crippen LogP contribution in [0.2, 0.25) is 0 Å². The highest BCUT2D eigenvalue weighted by molar-refractivity contribution is 8.03. The number of piperidine rings is 1. The van der Waals surface area contributed by atoms with Gasteiger partial charge in [0.1, 0.15) is 5.70 Å². The van der Waals surface area contributed by atoms with Gasteiger partial charge in [-0.3, -0.25) is 9.59 Å². The van der Waals surface area contributed by atoms with E-state index in [1.165, 1.54) is 0 Å². The van der Waals surface area contributed by atoms with Crippen LogP contribution in [-0.2, 0) is 14.3 Å². The largest absolute Gasteiger partial charge is 0.378 e. The number of carbonyl (C=O) groups excluding carboxylic acids is 2. The molecule has 0 aliphatic carbocycles. The second-order valence-electron chi connectivity index (χ2n) is 8.93. The molecule has 2 N–H and O–H groups in total. The smallest absolute Gasteiger partial charge is 0.272 e. The summed E-state index contributed by atoms with van der Waals surface area (Å²) in [6, 6.07) is 7.93. The number of nitrogens with one attached hydrogen (secondary N) is 2. The molecule has 1 aromatic rings. The van der Waals surface area contributed by atoms with Gasteiger partial charge in [-0.2, -0.15) is 0 Å². The van der Waals surface area contributed by atoms with Crippen molar-refractivity contribution in [2.45, 2.75) is 37.5 Å². The van der Waals surface area contributed by atoms with Crippen molar-refractivity contribution in [2.75, 3.05) is 49.6 Å². The van der Waals surface area contributed by atoms with Crippen LogP contribution in [0.4, 0.5) is 11.4 Å². The van der Waals surface area contributed by atoms with Crippen molar-refractivity contribution < 1.29 is 14.3 Å². The lowest BCUT2D eigenvalue weighted by Gasteiger charge is -2.40. The Morgan fingerprint density at radius 1 is 1.24 bits per heavy atom. The summed E-state index contributed by atoms with van der Waals surface area (Å²) in [6.07, 6.45) is 4.92. The SMILES string of the molecule is C=CCCC(=O)N1CCC(C2(C)NC(C(=O)Nc3ccccc3N3CCOCC3)=CS2)CC1. The van der Waals surface area contributed by atoms with Crippen LogP contribution in [0.5, 0.6) is 0 Å². The van der Waals surface area contributed by atoms with Crippen LogP contribution in [0.25, 0.3) is 0 Å². The van der Waals surface area contributed by atoms with Crippen LogP contribution in [0.15, 0.2) is 48.0 Å². The van der Waals surface area contributed by atoms with Crippen LogP contribution in [-0.4, -0.2) is 61.0 Å². The molecule has 3 aliphatic heterocycles. The number of carbonyl (C=O) groups is 2. The number of nitrogens with zero attached hydrogens (tertiary/aromatic N) is 2. The highest BCUT2D eigenvalue weighted by atomic mass is 32.2. The van der Waals surface area contributed by atoms with Gasteiger partial charge in [-0.05, 0) is 44.2 Å². The predicted molar refractivity (Wildman–Crippen MR) is 134 cm³/mol. The molecule has 0 saturated carbocycles. The van der Waals surface area contributed by atoms with E-state index in [1.807, 2.05) is 34.6 Å². The number of morpholine rings is 1. The molecule has 3 heterocycles. The average Bonchev–Trinajstić information content (AvgIpc) is 3.27. The number of hydrogen-bond acceptors (Lipinski definition) is 6. The summed E-state index contributed by atoms with van der Waals surface area (Å²) in [5.41, 5.74) is 2.44. The molecule has 33 heavy (non-hydrogen) atoms. The second-order valence-corrected chi connectivity index (χ2v) is 10.3. The molecular formula is C25H34N4O3S. The van der Waals surface area contributed by atoms with Gasteiger partial charge in [0.15, 0.2) is 0 Å². The number of hydrogen-bond donors (Lipinski definition) is 2. The highest BCUT2D eigenvalue weighted by Crippen LogP contribution is 2.42. The summed E-state index contributed by atoms with van der Waals surface area (Å²) in [7, 11) is 0. The van der Waals surface area contributed by atoms with Crippen molar-refractivity contribution in [3.8, 4) is 0 Å². The van der Waals surface area contributed by atoms with Crippen molar-refractivity contribution in [1.82, 2.24) is 10.2 Å². The number of thioether (sulfide) groups is 1. The molecule has 2 amide bonds. The summed E-state index contributed by atoms with van der Waals surface area (Å²) in [5, 5.41) is 8.54. The average molecular weight is 471 g/mol. The third-order valence-corrected chi connectivity index (χ3v) is 8.02. The number of anilines is 2. The lowest BCUT2D eigenvalue weighted by molar-refractivity contribution is -0.132. The number of benzene rings is 1. The minimum Gasteiger partial charge on any atom is -0.378 e. The summed E-state index contributed by atoms with van der Waals surface area (Å²) < 4.78 is 5.46. The molecular weight excluding hydrogens is 436 g/mol. The van der Waals surface area contributed by atoms with Crippen LogP contribution < -0.4 is 15.5 Å². The first kappa shape index (κ1) is 23.7. The summed E-state index contributed by atoms with van der Waals surface area (Å²) in [5.74, 6) is 0.472. The van der Waals surface area contributed by atoms with Gasteiger partial charge in [0.05, 0.1) is 29.5 Å². The van der Waals surface area contributed by atoms with E-state index in [0.717, 1.165) is 56.8 Å². The third kappa shape index (κ3) is 5.55. The van der Waals surface area contributed by atoms with Crippen molar-refractivity contribution in [1.29, 1.82) is 0 Å². The Hall–Kier alpha value is -2.45. The molecule has 0 spiro atoms. The molecule has 1 unspecified atom stereocenters. The van der Waals surface area contributed by atoms with Gasteiger partial charge in [-0.25, -0.2) is 0 Å². The van der Waals surface area contributed by atoms with Gasteiger partial charge >= 0.3 is 0 Å². The topological polar surface area (TPSA) is 73.9 Å². The maximum Gasteiger partial charge on any atom is 0.272 e. The van der Waals surface area contributed by atoms with E-state index in [2.05, 4.69) is 29.0 Å². The maximum absolute atomic E-state index is 13.1. The monoisotopic (exact) mass is 470 g/mol. The van der Waals surface area contributed by atoms with Crippen LogP contribution in [0, 0.1) is 5.92 Å². The van der Waals surface area contributed by atoms with E-state index in [4.69, 9.17) is 4.74 Å². The van der Waals surface area contributed by atoms with E-state index in [9.17, 15) is 9.59 Å². The minimum absolute atomic E-state index is 0.121. The quantitative estimate of drug-likeness (QED) is 0.594. The molecule has 8 heteroatoms. The standard InChI is InChI=1S/C25H34N4O3S/c1-3-4-9-23(30)29-12-10-19(11-13-29)25(2)27-21(18-33-25)24(31)26-20-7-5-6-8-22(20)28-14-16-32-17-15-28/h3,5-8,18-19,27H,1,4,9-17H2,2H3,(H,26,31). The summed E-state index contributed by atoms with van der Waals surface area (Å²) >= 11 is 1.68. The summed E-state index contributed by atoms with van der Waals surface area (Å²) in [6.45, 7) is 10.4. The Balaban J connectivity index is 1.33. The number of ether oxygens (including phenoxy) is 1. The Morgan fingerprint density at radius 3 is 2.70 bits per heavy atom.